The minimum Gasteiger partial charge on any atom is -0.423 e. The zero-order chi connectivity index (χ0) is 20.2. The number of aryl methyl sites for hydroxylation is 1. The summed E-state index contributed by atoms with van der Waals surface area (Å²) in [6.45, 7) is 0. The number of aliphatic hydroxyl groups is 1. The van der Waals surface area contributed by atoms with Gasteiger partial charge in [0.25, 0.3) is 6.01 Å². The van der Waals surface area contributed by atoms with Crippen molar-refractivity contribution in [2.24, 2.45) is 0 Å². The molecule has 1 atom stereocenters. The first-order chi connectivity index (χ1) is 13.9. The van der Waals surface area contributed by atoms with E-state index in [1.807, 2.05) is 18.2 Å². The fourth-order valence-electron chi connectivity index (χ4n) is 3.81. The quantitative estimate of drug-likeness (QED) is 0.497. The Morgan fingerprint density at radius 2 is 2.00 bits per heavy atom. The number of aliphatic hydroxyl groups excluding tert-OH is 1. The predicted octanol–water partition coefficient (Wildman–Crippen LogP) is 4.99. The lowest BCUT2D eigenvalue weighted by atomic mass is 9.88. The molecule has 1 aliphatic rings. The van der Waals surface area contributed by atoms with E-state index in [0.29, 0.717) is 22.9 Å². The van der Waals surface area contributed by atoms with Gasteiger partial charge in [0.15, 0.2) is 5.58 Å². The number of fused-ring (bicyclic) bond motifs is 4. The summed E-state index contributed by atoms with van der Waals surface area (Å²) in [6.07, 6.45) is -1.34. The highest BCUT2D eigenvalue weighted by atomic mass is 19.4. The third-order valence-corrected chi connectivity index (χ3v) is 5.25. The summed E-state index contributed by atoms with van der Waals surface area (Å²) < 4.78 is 44.7. The van der Waals surface area contributed by atoms with Gasteiger partial charge < -0.3 is 14.8 Å². The van der Waals surface area contributed by atoms with E-state index in [-0.39, 0.29) is 17.6 Å². The van der Waals surface area contributed by atoms with Gasteiger partial charge in [0.2, 0.25) is 0 Å². The highest BCUT2D eigenvalue weighted by Crippen LogP contribution is 2.35. The summed E-state index contributed by atoms with van der Waals surface area (Å²) in [7, 11) is 0. The first kappa shape index (κ1) is 17.9. The first-order valence-electron chi connectivity index (χ1n) is 9.21. The van der Waals surface area contributed by atoms with Crippen molar-refractivity contribution in [1.82, 2.24) is 9.97 Å². The molecule has 5 rings (SSSR count). The highest BCUT2D eigenvalue weighted by molar-refractivity contribution is 6.01. The Hall–Kier alpha value is -3.13. The van der Waals surface area contributed by atoms with Gasteiger partial charge in [0.1, 0.15) is 5.52 Å². The van der Waals surface area contributed by atoms with Crippen LogP contribution in [-0.4, -0.2) is 21.2 Å². The molecule has 0 aliphatic heterocycles. The maximum Gasteiger partial charge on any atom is 0.416 e. The molecule has 1 aliphatic carbocycles. The number of hydrogen-bond donors (Lipinski definition) is 2. The van der Waals surface area contributed by atoms with Crippen LogP contribution in [0.3, 0.4) is 0 Å². The third kappa shape index (κ3) is 3.19. The Bertz CT molecular complexity index is 1230. The topological polar surface area (TPSA) is 71.2 Å². The molecule has 8 heteroatoms. The van der Waals surface area contributed by atoms with E-state index in [4.69, 9.17) is 4.42 Å². The molecule has 2 aromatic heterocycles. The molecule has 0 amide bonds. The van der Waals surface area contributed by atoms with Crippen molar-refractivity contribution in [3.63, 3.8) is 0 Å². The number of halogens is 3. The van der Waals surface area contributed by atoms with Crippen LogP contribution in [0.1, 0.15) is 23.1 Å². The average molecular weight is 399 g/mol. The predicted molar refractivity (Wildman–Crippen MR) is 102 cm³/mol. The summed E-state index contributed by atoms with van der Waals surface area (Å²) in [6, 6.07) is 9.43. The van der Waals surface area contributed by atoms with Crippen LogP contribution >= 0.6 is 0 Å². The Balaban J connectivity index is 1.55. The van der Waals surface area contributed by atoms with E-state index in [9.17, 15) is 18.3 Å². The van der Waals surface area contributed by atoms with Gasteiger partial charge in [-0.05, 0) is 48.2 Å². The fraction of sp³-hybridized carbons (Fsp3) is 0.238. The van der Waals surface area contributed by atoms with Crippen LogP contribution in [0.15, 0.2) is 47.0 Å². The smallest absolute Gasteiger partial charge is 0.416 e. The molecule has 5 nitrogen and oxygen atoms in total. The second-order valence-corrected chi connectivity index (χ2v) is 7.19. The van der Waals surface area contributed by atoms with Gasteiger partial charge in [-0.15, -0.1) is 0 Å². The number of pyridine rings is 1. The molecule has 148 valence electrons. The molecule has 29 heavy (non-hydrogen) atoms. The summed E-state index contributed by atoms with van der Waals surface area (Å²) in [5, 5.41) is 13.6. The Kier molecular flexibility index (Phi) is 3.99. The molecule has 2 aromatic carbocycles. The van der Waals surface area contributed by atoms with E-state index in [1.165, 1.54) is 17.8 Å². The maximum absolute atomic E-state index is 13.0. The molecule has 0 radical (unpaired) electrons. The van der Waals surface area contributed by atoms with Crippen molar-refractivity contribution in [3.05, 3.63) is 59.3 Å². The third-order valence-electron chi connectivity index (χ3n) is 5.25. The lowest BCUT2D eigenvalue weighted by Crippen LogP contribution is -2.19. The molecule has 0 saturated heterocycles. The number of oxazole rings is 1. The van der Waals surface area contributed by atoms with Crippen LogP contribution in [0.25, 0.3) is 22.0 Å². The van der Waals surface area contributed by atoms with Gasteiger partial charge in [0, 0.05) is 17.5 Å². The molecule has 0 saturated carbocycles. The second-order valence-electron chi connectivity index (χ2n) is 7.19. The molecular weight excluding hydrogens is 383 g/mol. The first-order valence-corrected chi connectivity index (χ1v) is 9.21. The highest BCUT2D eigenvalue weighted by Gasteiger charge is 2.31. The van der Waals surface area contributed by atoms with Crippen LogP contribution in [0, 0.1) is 0 Å². The Morgan fingerprint density at radius 3 is 2.83 bits per heavy atom. The van der Waals surface area contributed by atoms with Gasteiger partial charge >= 0.3 is 6.18 Å². The van der Waals surface area contributed by atoms with Gasteiger partial charge in [-0.1, -0.05) is 12.1 Å². The number of nitrogens with one attached hydrogen (secondary N) is 1. The summed E-state index contributed by atoms with van der Waals surface area (Å²) in [5.74, 6) is 0. The van der Waals surface area contributed by atoms with Crippen molar-refractivity contribution < 1.29 is 22.7 Å². The van der Waals surface area contributed by atoms with Crippen molar-refractivity contribution in [3.8, 4) is 0 Å². The number of aromatic nitrogens is 2. The minimum absolute atomic E-state index is 0.190. The zero-order valence-electron chi connectivity index (χ0n) is 15.1. The van der Waals surface area contributed by atoms with E-state index >= 15 is 0 Å². The second kappa shape index (κ2) is 6.45. The number of hydrogen-bond acceptors (Lipinski definition) is 5. The molecule has 4 aromatic rings. The lowest BCUT2D eigenvalue weighted by Gasteiger charge is -2.23. The van der Waals surface area contributed by atoms with Crippen molar-refractivity contribution in [1.29, 1.82) is 0 Å². The van der Waals surface area contributed by atoms with Crippen LogP contribution in [0.5, 0.6) is 0 Å². The molecular formula is C21H16F3N3O2. The van der Waals surface area contributed by atoms with E-state index in [2.05, 4.69) is 15.3 Å². The molecule has 2 N–H and O–H groups in total. The fourth-order valence-corrected chi connectivity index (χ4v) is 3.81. The summed E-state index contributed by atoms with van der Waals surface area (Å²) >= 11 is 0. The van der Waals surface area contributed by atoms with Gasteiger partial charge in [-0.3, -0.25) is 4.98 Å². The molecule has 0 unspecified atom stereocenters. The number of benzene rings is 2. The van der Waals surface area contributed by atoms with E-state index in [0.717, 1.165) is 36.2 Å². The summed E-state index contributed by atoms with van der Waals surface area (Å²) in [5.41, 5.74) is 3.24. The average Bonchev–Trinajstić information content (AvgIpc) is 3.10. The van der Waals surface area contributed by atoms with Crippen LogP contribution < -0.4 is 5.32 Å². The van der Waals surface area contributed by atoms with Crippen LogP contribution in [0.4, 0.5) is 24.9 Å². The maximum atomic E-state index is 13.0. The molecule has 2 heterocycles. The number of alkyl halides is 3. The van der Waals surface area contributed by atoms with E-state index in [1.54, 1.807) is 0 Å². The SMILES string of the molecule is O[C@@H]1CCc2cccc(Nc3nc4cnc5cc(C(F)(F)F)ccc5c4o3)c2C1. The van der Waals surface area contributed by atoms with Gasteiger partial charge in [0.05, 0.1) is 23.4 Å². The largest absolute Gasteiger partial charge is 0.423 e. The minimum atomic E-state index is -4.43. The van der Waals surface area contributed by atoms with Gasteiger partial charge in [-0.2, -0.15) is 18.2 Å². The molecule has 0 spiro atoms. The van der Waals surface area contributed by atoms with Crippen molar-refractivity contribution in [2.45, 2.75) is 31.5 Å². The number of rotatable bonds is 2. The van der Waals surface area contributed by atoms with Crippen molar-refractivity contribution >= 4 is 33.7 Å². The standard InChI is InChI=1S/C21H16F3N3O2/c22-21(23,24)12-5-7-14-17(8-12)25-10-18-19(14)29-20(27-18)26-16-3-1-2-11-4-6-13(28)9-15(11)16/h1-3,5,7-8,10,13,28H,4,6,9H2,(H,26,27)/t13-/m1/s1. The zero-order valence-corrected chi connectivity index (χ0v) is 15.1. The lowest BCUT2D eigenvalue weighted by molar-refractivity contribution is -0.137. The summed E-state index contributed by atoms with van der Waals surface area (Å²) in [4.78, 5) is 8.47. The number of nitrogens with zero attached hydrogens (tertiary/aromatic N) is 2. The normalized spacial score (nSPS) is 16.9. The van der Waals surface area contributed by atoms with Gasteiger partial charge in [-0.25, -0.2) is 0 Å². The van der Waals surface area contributed by atoms with Crippen LogP contribution in [-0.2, 0) is 19.0 Å². The molecule has 0 fully saturated rings. The van der Waals surface area contributed by atoms with Crippen LogP contribution in [0.2, 0.25) is 0 Å². The Labute approximate surface area is 163 Å². The van der Waals surface area contributed by atoms with E-state index < -0.39 is 11.7 Å². The monoisotopic (exact) mass is 399 g/mol. The molecule has 0 bridgehead atoms. The Morgan fingerprint density at radius 1 is 1.14 bits per heavy atom. The number of anilines is 2. The van der Waals surface area contributed by atoms with Crippen molar-refractivity contribution in [2.75, 3.05) is 5.32 Å².